The van der Waals surface area contributed by atoms with Crippen molar-refractivity contribution in [3.05, 3.63) is 70.3 Å². The lowest BCUT2D eigenvalue weighted by atomic mass is 10.0. The Bertz CT molecular complexity index is 1450. The summed E-state index contributed by atoms with van der Waals surface area (Å²) in [7, 11) is 3.33. The minimum atomic E-state index is -0.423. The Morgan fingerprint density at radius 2 is 1.73 bits per heavy atom. The molecule has 0 radical (unpaired) electrons. The molecule has 2 aromatic heterocycles. The Kier molecular flexibility index (Phi) is 6.59. The van der Waals surface area contributed by atoms with E-state index in [1.807, 2.05) is 47.1 Å². The molecule has 0 unspecified atom stereocenters. The van der Waals surface area contributed by atoms with Gasteiger partial charge in [0, 0.05) is 42.6 Å². The second-order valence-electron chi connectivity index (χ2n) is 10.2. The van der Waals surface area contributed by atoms with Crippen LogP contribution in [0.2, 0.25) is 0 Å². The Morgan fingerprint density at radius 3 is 2.43 bits per heavy atom. The lowest BCUT2D eigenvalue weighted by Crippen LogP contribution is -2.49. The number of fused-ring (bicyclic) bond motifs is 1. The highest BCUT2D eigenvalue weighted by atomic mass is 16.5. The van der Waals surface area contributed by atoms with Gasteiger partial charge in [0.25, 0.3) is 5.56 Å². The minimum absolute atomic E-state index is 0.154. The van der Waals surface area contributed by atoms with Crippen molar-refractivity contribution < 1.29 is 9.47 Å². The summed E-state index contributed by atoms with van der Waals surface area (Å²) in [6.07, 6.45) is 0. The van der Waals surface area contributed by atoms with Gasteiger partial charge in [-0.1, -0.05) is 12.1 Å². The number of piperazine rings is 1. The number of para-hydroxylation sites is 2. The molecule has 10 heteroatoms. The maximum Gasteiger partial charge on any atom is 0.253 e. The number of hydrogen-bond acceptors (Lipinski definition) is 8. The van der Waals surface area contributed by atoms with E-state index in [1.165, 1.54) is 0 Å². The zero-order chi connectivity index (χ0) is 26.2. The highest BCUT2D eigenvalue weighted by Crippen LogP contribution is 2.33. The van der Waals surface area contributed by atoms with Crippen LogP contribution in [0.4, 0.5) is 5.69 Å². The average molecular weight is 504 g/mol. The number of anilines is 1. The summed E-state index contributed by atoms with van der Waals surface area (Å²) in [5, 5.41) is 13.6. The first kappa shape index (κ1) is 24.8. The molecule has 0 bridgehead atoms. The van der Waals surface area contributed by atoms with Crippen LogP contribution < -0.4 is 19.9 Å². The Labute approximate surface area is 215 Å². The largest absolute Gasteiger partial charge is 0.497 e. The van der Waals surface area contributed by atoms with E-state index in [1.54, 1.807) is 14.2 Å². The molecule has 0 saturated carbocycles. The summed E-state index contributed by atoms with van der Waals surface area (Å²) < 4.78 is 12.8. The summed E-state index contributed by atoms with van der Waals surface area (Å²) in [6, 6.07) is 15.2. The molecular formula is C27H33N7O3. The lowest BCUT2D eigenvalue weighted by molar-refractivity contribution is 0.190. The van der Waals surface area contributed by atoms with Crippen molar-refractivity contribution >= 4 is 16.6 Å². The summed E-state index contributed by atoms with van der Waals surface area (Å²) >= 11 is 0. The molecule has 1 fully saturated rings. The lowest BCUT2D eigenvalue weighted by Gasteiger charge is -2.40. The van der Waals surface area contributed by atoms with Crippen LogP contribution in [0.15, 0.2) is 53.3 Å². The number of tetrazole rings is 1. The Morgan fingerprint density at radius 1 is 0.973 bits per heavy atom. The number of nitrogens with zero attached hydrogens (tertiary/aromatic N) is 6. The number of H-pyrrole nitrogens is 1. The van der Waals surface area contributed by atoms with Crippen LogP contribution in [0.25, 0.3) is 10.9 Å². The van der Waals surface area contributed by atoms with E-state index in [4.69, 9.17) is 9.47 Å². The molecule has 0 amide bonds. The van der Waals surface area contributed by atoms with E-state index < -0.39 is 6.04 Å². The zero-order valence-corrected chi connectivity index (χ0v) is 21.9. The van der Waals surface area contributed by atoms with Gasteiger partial charge in [0.05, 0.1) is 25.4 Å². The highest BCUT2D eigenvalue weighted by molar-refractivity contribution is 5.80. The van der Waals surface area contributed by atoms with E-state index in [0.29, 0.717) is 11.4 Å². The predicted octanol–water partition coefficient (Wildman–Crippen LogP) is 3.20. The summed E-state index contributed by atoms with van der Waals surface area (Å²) in [5.74, 6) is 2.22. The van der Waals surface area contributed by atoms with Gasteiger partial charge in [-0.25, -0.2) is 4.68 Å². The van der Waals surface area contributed by atoms with Gasteiger partial charge in [-0.15, -0.1) is 5.10 Å². The molecule has 0 spiro atoms. The first-order valence-electron chi connectivity index (χ1n) is 12.4. The third-order valence-corrected chi connectivity index (χ3v) is 6.85. The molecule has 1 N–H and O–H groups in total. The van der Waals surface area contributed by atoms with Crippen molar-refractivity contribution in [2.75, 3.05) is 45.3 Å². The molecule has 194 valence electrons. The zero-order valence-electron chi connectivity index (χ0n) is 21.9. The monoisotopic (exact) mass is 503 g/mol. The molecule has 1 atom stereocenters. The second-order valence-corrected chi connectivity index (χ2v) is 10.2. The number of aromatic amines is 1. The molecule has 1 aliphatic heterocycles. The quantitative estimate of drug-likeness (QED) is 0.428. The van der Waals surface area contributed by atoms with Gasteiger partial charge in [-0.3, -0.25) is 9.69 Å². The fraction of sp³-hybridized carbons (Fsp3) is 0.407. The summed E-state index contributed by atoms with van der Waals surface area (Å²) in [4.78, 5) is 21.1. The van der Waals surface area contributed by atoms with Gasteiger partial charge in [0.2, 0.25) is 0 Å². The maximum absolute atomic E-state index is 13.5. The number of pyridine rings is 1. The number of ether oxygens (including phenoxy) is 2. The van der Waals surface area contributed by atoms with E-state index >= 15 is 0 Å². The molecule has 2 aromatic carbocycles. The molecule has 1 aliphatic rings. The van der Waals surface area contributed by atoms with Gasteiger partial charge >= 0.3 is 0 Å². The summed E-state index contributed by atoms with van der Waals surface area (Å²) in [5.41, 5.74) is 1.91. The molecule has 5 rings (SSSR count). The minimum Gasteiger partial charge on any atom is -0.497 e. The van der Waals surface area contributed by atoms with Crippen LogP contribution in [-0.2, 0) is 5.54 Å². The number of aromatic nitrogens is 5. The normalized spacial score (nSPS) is 15.6. The Balaban J connectivity index is 1.56. The van der Waals surface area contributed by atoms with Crippen LogP contribution in [-0.4, -0.2) is 70.5 Å². The van der Waals surface area contributed by atoms with Crippen LogP contribution in [0.5, 0.6) is 11.5 Å². The first-order chi connectivity index (χ1) is 17.8. The topological polar surface area (TPSA) is 101 Å². The van der Waals surface area contributed by atoms with E-state index in [9.17, 15) is 4.79 Å². The molecule has 4 aromatic rings. The second kappa shape index (κ2) is 9.85. The van der Waals surface area contributed by atoms with Crippen molar-refractivity contribution in [3.63, 3.8) is 0 Å². The van der Waals surface area contributed by atoms with Crippen molar-refractivity contribution in [2.24, 2.45) is 0 Å². The van der Waals surface area contributed by atoms with Crippen LogP contribution in [0, 0.1) is 0 Å². The average Bonchev–Trinajstić information content (AvgIpc) is 3.39. The Hall–Kier alpha value is -3.92. The molecule has 1 saturated heterocycles. The number of methoxy groups -OCH3 is 2. The third-order valence-electron chi connectivity index (χ3n) is 6.85. The highest BCUT2D eigenvalue weighted by Gasteiger charge is 2.35. The van der Waals surface area contributed by atoms with E-state index in [-0.39, 0.29) is 11.1 Å². The predicted molar refractivity (Wildman–Crippen MR) is 143 cm³/mol. The molecular weight excluding hydrogens is 470 g/mol. The van der Waals surface area contributed by atoms with Crippen molar-refractivity contribution in [1.29, 1.82) is 0 Å². The van der Waals surface area contributed by atoms with Crippen LogP contribution in [0.3, 0.4) is 0 Å². The molecule has 37 heavy (non-hydrogen) atoms. The fourth-order valence-corrected chi connectivity index (χ4v) is 4.99. The molecule has 10 nitrogen and oxygen atoms in total. The fourth-order valence-electron chi connectivity index (χ4n) is 4.99. The van der Waals surface area contributed by atoms with Gasteiger partial charge in [0.1, 0.15) is 17.5 Å². The number of nitrogens with one attached hydrogen (secondary N) is 1. The van der Waals surface area contributed by atoms with Crippen molar-refractivity contribution in [2.45, 2.75) is 32.4 Å². The number of benzene rings is 2. The number of rotatable bonds is 6. The maximum atomic E-state index is 13.5. The van der Waals surface area contributed by atoms with Crippen LogP contribution in [0.1, 0.15) is 38.2 Å². The van der Waals surface area contributed by atoms with Gasteiger partial charge in [0.15, 0.2) is 5.82 Å². The van der Waals surface area contributed by atoms with Gasteiger partial charge < -0.3 is 19.4 Å². The SMILES string of the molecule is COc1ccc2[nH]c(=O)c([C@H](c3nnnn3C(C)(C)C)N3CCN(c4ccccc4OC)CC3)cc2c1. The smallest absolute Gasteiger partial charge is 0.253 e. The van der Waals surface area contributed by atoms with E-state index in [0.717, 1.165) is 54.3 Å². The third kappa shape index (κ3) is 4.76. The first-order valence-corrected chi connectivity index (χ1v) is 12.4. The number of hydrogen-bond donors (Lipinski definition) is 1. The molecule has 0 aliphatic carbocycles. The van der Waals surface area contributed by atoms with Gasteiger partial charge in [-0.05, 0) is 67.6 Å². The van der Waals surface area contributed by atoms with Crippen molar-refractivity contribution in [3.8, 4) is 11.5 Å². The molecule has 3 heterocycles. The summed E-state index contributed by atoms with van der Waals surface area (Å²) in [6.45, 7) is 9.14. The van der Waals surface area contributed by atoms with Crippen LogP contribution >= 0.6 is 0 Å². The van der Waals surface area contributed by atoms with Crippen molar-refractivity contribution in [1.82, 2.24) is 30.1 Å². The standard InChI is InChI=1S/C27H33N7O3/c1-27(2,3)34-25(29-30-31-34)24(20-17-18-16-19(36-4)10-11-21(18)28-26(20)35)33-14-12-32(13-15-33)22-8-6-7-9-23(22)37-5/h6-11,16-17,24H,12-15H2,1-5H3,(H,28,35)/t24-/m1/s1. The van der Waals surface area contributed by atoms with E-state index in [2.05, 4.69) is 57.1 Å². The van der Waals surface area contributed by atoms with Gasteiger partial charge in [-0.2, -0.15) is 0 Å².